The van der Waals surface area contributed by atoms with Crippen LogP contribution in [0.2, 0.25) is 14.6 Å². The summed E-state index contributed by atoms with van der Waals surface area (Å²) in [5, 5.41) is 0.479. The van der Waals surface area contributed by atoms with Crippen LogP contribution in [-0.2, 0) is 11.3 Å². The van der Waals surface area contributed by atoms with Crippen LogP contribution in [0.1, 0.15) is 10.4 Å². The summed E-state index contributed by atoms with van der Waals surface area (Å²) in [5.74, 6) is -0.365. The number of carbonyl (C=O) groups excluding carboxylic acids is 2. The zero-order chi connectivity index (χ0) is 16.6. The van der Waals surface area contributed by atoms with Crippen LogP contribution in [0.5, 0.6) is 0 Å². The maximum absolute atomic E-state index is 12.4. The van der Waals surface area contributed by atoms with Crippen molar-refractivity contribution in [1.82, 2.24) is 9.88 Å². The Morgan fingerprint density at radius 1 is 1.13 bits per heavy atom. The SMILES string of the molecule is O=C1S/C(=C\c2sc(Cl)nc2Cl)C(=O)N1Cc1ccc(Cl)cc1. The molecule has 0 N–H and O–H groups in total. The lowest BCUT2D eigenvalue weighted by molar-refractivity contribution is -0.123. The number of benzene rings is 1. The standard InChI is InChI=1S/C14H7Cl3N2O2S2/c15-8-3-1-7(2-4-8)6-19-12(20)10(23-14(19)21)5-9-11(16)18-13(17)22-9/h1-5H,6H2/b10-5-. The van der Waals surface area contributed by atoms with Gasteiger partial charge in [-0.05, 0) is 35.5 Å². The number of halogens is 3. The molecule has 118 valence electrons. The Labute approximate surface area is 155 Å². The fraction of sp³-hybridized carbons (Fsp3) is 0.0714. The number of aromatic nitrogens is 1. The molecule has 1 fully saturated rings. The van der Waals surface area contributed by atoms with Gasteiger partial charge < -0.3 is 0 Å². The van der Waals surface area contributed by atoms with E-state index < -0.39 is 0 Å². The molecule has 0 aliphatic carbocycles. The summed E-state index contributed by atoms with van der Waals surface area (Å²) in [6.45, 7) is 0.191. The fourth-order valence-corrected chi connectivity index (χ4v) is 4.23. The lowest BCUT2D eigenvalue weighted by Crippen LogP contribution is -2.27. The van der Waals surface area contributed by atoms with E-state index in [-0.39, 0.29) is 27.3 Å². The molecule has 2 amide bonds. The van der Waals surface area contributed by atoms with Gasteiger partial charge in [-0.3, -0.25) is 14.5 Å². The van der Waals surface area contributed by atoms with E-state index in [1.807, 2.05) is 0 Å². The van der Waals surface area contributed by atoms with Gasteiger partial charge in [0.2, 0.25) is 0 Å². The van der Waals surface area contributed by atoms with Crippen LogP contribution < -0.4 is 0 Å². The summed E-state index contributed by atoms with van der Waals surface area (Å²) in [5.41, 5.74) is 0.816. The highest BCUT2D eigenvalue weighted by Crippen LogP contribution is 2.36. The lowest BCUT2D eigenvalue weighted by Gasteiger charge is -2.12. The Kier molecular flexibility index (Phi) is 4.98. The minimum Gasteiger partial charge on any atom is -0.268 e. The molecule has 1 saturated heterocycles. The first-order valence-corrected chi connectivity index (χ1v) is 9.02. The van der Waals surface area contributed by atoms with E-state index in [0.717, 1.165) is 28.7 Å². The third kappa shape index (κ3) is 3.72. The van der Waals surface area contributed by atoms with Gasteiger partial charge in [0.25, 0.3) is 11.1 Å². The van der Waals surface area contributed by atoms with Crippen LogP contribution in [0, 0.1) is 0 Å². The second kappa shape index (κ2) is 6.83. The van der Waals surface area contributed by atoms with Crippen molar-refractivity contribution in [2.45, 2.75) is 6.54 Å². The summed E-state index contributed by atoms with van der Waals surface area (Å²) in [6, 6.07) is 6.97. The van der Waals surface area contributed by atoms with E-state index in [2.05, 4.69) is 4.98 Å². The van der Waals surface area contributed by atoms with E-state index >= 15 is 0 Å². The number of amides is 2. The molecule has 3 rings (SSSR count). The van der Waals surface area contributed by atoms with Crippen molar-refractivity contribution >= 4 is 75.1 Å². The van der Waals surface area contributed by atoms with E-state index in [1.165, 1.54) is 4.90 Å². The molecule has 1 aliphatic heterocycles. The molecule has 2 aromatic rings. The van der Waals surface area contributed by atoms with Crippen molar-refractivity contribution in [3.8, 4) is 0 Å². The van der Waals surface area contributed by atoms with Crippen LogP contribution >= 0.6 is 57.9 Å². The molecule has 4 nitrogen and oxygen atoms in total. The third-order valence-corrected chi connectivity index (χ3v) is 5.64. The molecule has 9 heteroatoms. The van der Waals surface area contributed by atoms with Crippen LogP contribution in [0.4, 0.5) is 4.79 Å². The second-order valence-electron chi connectivity index (χ2n) is 4.52. The number of thiazole rings is 1. The topological polar surface area (TPSA) is 50.3 Å². The first-order valence-electron chi connectivity index (χ1n) is 6.25. The molecule has 23 heavy (non-hydrogen) atoms. The summed E-state index contributed by atoms with van der Waals surface area (Å²) >= 11 is 19.5. The zero-order valence-corrected chi connectivity index (χ0v) is 15.2. The van der Waals surface area contributed by atoms with Gasteiger partial charge in [0.05, 0.1) is 16.3 Å². The first-order chi connectivity index (χ1) is 10.9. The molecule has 1 aromatic carbocycles. The van der Waals surface area contributed by atoms with Gasteiger partial charge in [-0.1, -0.05) is 46.9 Å². The van der Waals surface area contributed by atoms with Crippen molar-refractivity contribution in [2.24, 2.45) is 0 Å². The van der Waals surface area contributed by atoms with Crippen molar-refractivity contribution in [1.29, 1.82) is 0 Å². The van der Waals surface area contributed by atoms with Gasteiger partial charge in [-0.25, -0.2) is 4.98 Å². The van der Waals surface area contributed by atoms with Crippen molar-refractivity contribution in [3.05, 3.63) is 54.3 Å². The molecule has 0 saturated carbocycles. The minimum atomic E-state index is -0.365. The average molecular weight is 406 g/mol. The number of imide groups is 1. The predicted octanol–water partition coefficient (Wildman–Crippen LogP) is 5.34. The van der Waals surface area contributed by atoms with Gasteiger partial charge in [0, 0.05) is 5.02 Å². The number of rotatable bonds is 3. The average Bonchev–Trinajstić information content (AvgIpc) is 2.95. The Hall–Kier alpha value is -1.05. The Bertz CT molecular complexity index is 818. The van der Waals surface area contributed by atoms with E-state index in [1.54, 1.807) is 30.3 Å². The van der Waals surface area contributed by atoms with Crippen molar-refractivity contribution < 1.29 is 9.59 Å². The maximum Gasteiger partial charge on any atom is 0.293 e. The molecular formula is C14H7Cl3N2O2S2. The van der Waals surface area contributed by atoms with Crippen molar-refractivity contribution in [3.63, 3.8) is 0 Å². The number of hydrogen-bond acceptors (Lipinski definition) is 5. The smallest absolute Gasteiger partial charge is 0.268 e. The number of hydrogen-bond donors (Lipinski definition) is 0. The predicted molar refractivity (Wildman–Crippen MR) is 95.1 cm³/mol. The van der Waals surface area contributed by atoms with E-state index in [9.17, 15) is 9.59 Å². The Morgan fingerprint density at radius 3 is 2.43 bits per heavy atom. The van der Waals surface area contributed by atoms with Crippen LogP contribution in [0.15, 0.2) is 29.2 Å². The lowest BCUT2D eigenvalue weighted by atomic mass is 10.2. The van der Waals surface area contributed by atoms with Crippen LogP contribution in [0.3, 0.4) is 0 Å². The van der Waals surface area contributed by atoms with E-state index in [0.29, 0.717) is 14.8 Å². The number of carbonyl (C=O) groups is 2. The molecule has 0 radical (unpaired) electrons. The van der Waals surface area contributed by atoms with Gasteiger partial charge >= 0.3 is 0 Å². The maximum atomic E-state index is 12.4. The molecule has 0 unspecified atom stereocenters. The van der Waals surface area contributed by atoms with Gasteiger partial charge in [-0.15, -0.1) is 11.3 Å². The first kappa shape index (κ1) is 16.8. The highest BCUT2D eigenvalue weighted by Gasteiger charge is 2.35. The minimum absolute atomic E-state index is 0.191. The normalized spacial score (nSPS) is 16.7. The largest absolute Gasteiger partial charge is 0.293 e. The summed E-state index contributed by atoms with van der Waals surface area (Å²) in [6.07, 6.45) is 1.54. The highest BCUT2D eigenvalue weighted by molar-refractivity contribution is 8.18. The summed E-state index contributed by atoms with van der Waals surface area (Å²) in [7, 11) is 0. The summed E-state index contributed by atoms with van der Waals surface area (Å²) < 4.78 is 0.279. The molecule has 2 heterocycles. The number of nitrogens with zero attached hydrogens (tertiary/aromatic N) is 2. The van der Waals surface area contributed by atoms with Gasteiger partial charge in [0.15, 0.2) is 4.47 Å². The number of thioether (sulfide) groups is 1. The van der Waals surface area contributed by atoms with Gasteiger partial charge in [0.1, 0.15) is 5.15 Å². The van der Waals surface area contributed by atoms with Gasteiger partial charge in [-0.2, -0.15) is 0 Å². The molecule has 1 aromatic heterocycles. The van der Waals surface area contributed by atoms with Crippen LogP contribution in [0.25, 0.3) is 6.08 Å². The molecule has 0 spiro atoms. The van der Waals surface area contributed by atoms with Crippen LogP contribution in [-0.4, -0.2) is 21.0 Å². The monoisotopic (exact) mass is 404 g/mol. The second-order valence-corrected chi connectivity index (χ2v) is 7.92. The Balaban J connectivity index is 1.82. The fourth-order valence-electron chi connectivity index (χ4n) is 1.90. The quantitative estimate of drug-likeness (QED) is 0.647. The Morgan fingerprint density at radius 2 is 1.83 bits per heavy atom. The van der Waals surface area contributed by atoms with Crippen molar-refractivity contribution in [2.75, 3.05) is 0 Å². The third-order valence-electron chi connectivity index (χ3n) is 2.97. The van der Waals surface area contributed by atoms with E-state index in [4.69, 9.17) is 34.8 Å². The molecule has 0 bridgehead atoms. The zero-order valence-electron chi connectivity index (χ0n) is 11.3. The molecular weight excluding hydrogens is 399 g/mol. The summed E-state index contributed by atoms with van der Waals surface area (Å²) in [4.78, 5) is 30.4. The highest BCUT2D eigenvalue weighted by atomic mass is 35.5. The molecule has 1 aliphatic rings. The molecule has 0 atom stereocenters.